The molecule has 3 atom stereocenters. The molecule has 1 aliphatic rings. The molecule has 2 unspecified atom stereocenters. The summed E-state index contributed by atoms with van der Waals surface area (Å²) < 4.78 is 5.79. The Labute approximate surface area is 146 Å². The summed E-state index contributed by atoms with van der Waals surface area (Å²) >= 11 is 0. The molecule has 4 nitrogen and oxygen atoms in total. The van der Waals surface area contributed by atoms with Gasteiger partial charge < -0.3 is 14.9 Å². The summed E-state index contributed by atoms with van der Waals surface area (Å²) in [5.41, 5.74) is 1.06. The van der Waals surface area contributed by atoms with Gasteiger partial charge in [-0.05, 0) is 18.5 Å². The minimum absolute atomic E-state index is 0.428. The SMILES string of the molecule is CCCCCCCCN1CC(O)C(OCc2ccccc2)[C@H](O)C1. The maximum atomic E-state index is 10.3. The predicted molar refractivity (Wildman–Crippen MR) is 96.8 cm³/mol. The van der Waals surface area contributed by atoms with Gasteiger partial charge >= 0.3 is 0 Å². The number of aliphatic hydroxyl groups is 2. The van der Waals surface area contributed by atoms with E-state index in [0.717, 1.165) is 18.5 Å². The molecular formula is C20H33NO3. The van der Waals surface area contributed by atoms with Gasteiger partial charge in [-0.2, -0.15) is 0 Å². The maximum Gasteiger partial charge on any atom is 0.112 e. The van der Waals surface area contributed by atoms with Crippen LogP contribution in [0.1, 0.15) is 51.0 Å². The molecule has 0 radical (unpaired) electrons. The van der Waals surface area contributed by atoms with Crippen LogP contribution in [0.3, 0.4) is 0 Å². The van der Waals surface area contributed by atoms with Crippen molar-refractivity contribution in [2.45, 2.75) is 70.4 Å². The first-order chi connectivity index (χ1) is 11.7. The van der Waals surface area contributed by atoms with Crippen LogP contribution in [0.5, 0.6) is 0 Å². The fourth-order valence-corrected chi connectivity index (χ4v) is 3.35. The molecule has 0 amide bonds. The zero-order chi connectivity index (χ0) is 17.2. The fraction of sp³-hybridized carbons (Fsp3) is 0.700. The Hall–Kier alpha value is -0.940. The van der Waals surface area contributed by atoms with Gasteiger partial charge in [0, 0.05) is 13.1 Å². The number of rotatable bonds is 10. The van der Waals surface area contributed by atoms with Crippen molar-refractivity contribution in [3.63, 3.8) is 0 Å². The molecule has 4 heteroatoms. The topological polar surface area (TPSA) is 52.9 Å². The van der Waals surface area contributed by atoms with E-state index in [1.54, 1.807) is 0 Å². The molecule has 2 rings (SSSR count). The lowest BCUT2D eigenvalue weighted by molar-refractivity contribution is -0.144. The number of hydrogen-bond acceptors (Lipinski definition) is 4. The molecule has 24 heavy (non-hydrogen) atoms. The Bertz CT molecular complexity index is 428. The van der Waals surface area contributed by atoms with Crippen molar-refractivity contribution < 1.29 is 14.9 Å². The highest BCUT2D eigenvalue weighted by Crippen LogP contribution is 2.18. The molecule has 0 spiro atoms. The van der Waals surface area contributed by atoms with Crippen molar-refractivity contribution >= 4 is 0 Å². The van der Waals surface area contributed by atoms with Gasteiger partial charge in [0.25, 0.3) is 0 Å². The number of unbranched alkanes of at least 4 members (excludes halogenated alkanes) is 5. The van der Waals surface area contributed by atoms with Gasteiger partial charge in [-0.15, -0.1) is 0 Å². The third kappa shape index (κ3) is 6.52. The lowest BCUT2D eigenvalue weighted by Crippen LogP contribution is -2.56. The molecule has 1 aromatic carbocycles. The molecule has 0 saturated carbocycles. The first-order valence-electron chi connectivity index (χ1n) is 9.44. The van der Waals surface area contributed by atoms with E-state index < -0.39 is 18.3 Å². The van der Waals surface area contributed by atoms with Gasteiger partial charge in [0.1, 0.15) is 6.10 Å². The van der Waals surface area contributed by atoms with E-state index in [1.807, 2.05) is 30.3 Å². The van der Waals surface area contributed by atoms with E-state index in [0.29, 0.717) is 19.7 Å². The molecule has 2 N–H and O–H groups in total. The summed E-state index contributed by atoms with van der Waals surface area (Å²) in [4.78, 5) is 2.16. The van der Waals surface area contributed by atoms with Crippen LogP contribution in [-0.4, -0.2) is 53.1 Å². The Morgan fingerprint density at radius 2 is 1.58 bits per heavy atom. The first-order valence-corrected chi connectivity index (χ1v) is 9.44. The number of benzene rings is 1. The second kappa shape index (κ2) is 10.8. The standard InChI is InChI=1S/C20H33NO3/c1-2-3-4-5-6-10-13-21-14-18(22)20(19(23)15-21)24-16-17-11-8-7-9-12-17/h7-9,11-12,18-20,22-23H,2-6,10,13-16H2,1H3/t18-,19?,20?/m1/s1. The lowest BCUT2D eigenvalue weighted by Gasteiger charge is -2.39. The third-order valence-corrected chi connectivity index (χ3v) is 4.76. The average molecular weight is 335 g/mol. The van der Waals surface area contributed by atoms with Gasteiger partial charge in [0.2, 0.25) is 0 Å². The highest BCUT2D eigenvalue weighted by molar-refractivity contribution is 5.13. The summed E-state index contributed by atoms with van der Waals surface area (Å²) in [6.45, 7) is 4.78. The Kier molecular flexibility index (Phi) is 8.75. The van der Waals surface area contributed by atoms with Gasteiger partial charge in [-0.25, -0.2) is 0 Å². The van der Waals surface area contributed by atoms with Crippen molar-refractivity contribution in [1.82, 2.24) is 4.90 Å². The van der Waals surface area contributed by atoms with E-state index in [2.05, 4.69) is 11.8 Å². The van der Waals surface area contributed by atoms with Crippen LogP contribution < -0.4 is 0 Å². The van der Waals surface area contributed by atoms with E-state index in [9.17, 15) is 10.2 Å². The van der Waals surface area contributed by atoms with E-state index in [-0.39, 0.29) is 0 Å². The molecule has 1 heterocycles. The molecule has 0 aromatic heterocycles. The summed E-state index contributed by atoms with van der Waals surface area (Å²) in [7, 11) is 0. The molecule has 0 aliphatic carbocycles. The van der Waals surface area contributed by atoms with Crippen LogP contribution in [0.25, 0.3) is 0 Å². The average Bonchev–Trinajstić information content (AvgIpc) is 2.58. The van der Waals surface area contributed by atoms with Crippen molar-refractivity contribution in [2.24, 2.45) is 0 Å². The Morgan fingerprint density at radius 1 is 0.958 bits per heavy atom. The highest BCUT2D eigenvalue weighted by Gasteiger charge is 2.35. The normalized spacial score (nSPS) is 25.0. The Morgan fingerprint density at radius 3 is 2.25 bits per heavy atom. The predicted octanol–water partition coefficient (Wildman–Crippen LogP) is 2.97. The van der Waals surface area contributed by atoms with Crippen LogP contribution in [0.15, 0.2) is 30.3 Å². The first kappa shape index (κ1) is 19.4. The lowest BCUT2D eigenvalue weighted by atomic mass is 10.0. The number of hydrogen-bond donors (Lipinski definition) is 2. The fourth-order valence-electron chi connectivity index (χ4n) is 3.35. The molecule has 136 valence electrons. The molecular weight excluding hydrogens is 302 g/mol. The monoisotopic (exact) mass is 335 g/mol. The largest absolute Gasteiger partial charge is 0.389 e. The molecule has 1 fully saturated rings. The van der Waals surface area contributed by atoms with Gasteiger partial charge in [-0.1, -0.05) is 69.4 Å². The summed E-state index contributed by atoms with van der Waals surface area (Å²) in [6, 6.07) is 9.89. The van der Waals surface area contributed by atoms with Crippen LogP contribution in [0.4, 0.5) is 0 Å². The van der Waals surface area contributed by atoms with Crippen LogP contribution >= 0.6 is 0 Å². The Balaban J connectivity index is 1.67. The van der Waals surface area contributed by atoms with Gasteiger partial charge in [0.05, 0.1) is 18.8 Å². The van der Waals surface area contributed by atoms with Gasteiger partial charge in [-0.3, -0.25) is 4.90 Å². The van der Waals surface area contributed by atoms with Crippen molar-refractivity contribution in [1.29, 1.82) is 0 Å². The number of ether oxygens (including phenoxy) is 1. The summed E-state index contributed by atoms with van der Waals surface area (Å²) in [5, 5.41) is 20.7. The number of piperidine rings is 1. The quantitative estimate of drug-likeness (QED) is 0.646. The van der Waals surface area contributed by atoms with Crippen LogP contribution in [-0.2, 0) is 11.3 Å². The highest BCUT2D eigenvalue weighted by atomic mass is 16.5. The third-order valence-electron chi connectivity index (χ3n) is 4.76. The van der Waals surface area contributed by atoms with Gasteiger partial charge in [0.15, 0.2) is 0 Å². The second-order valence-electron chi connectivity index (χ2n) is 6.92. The molecule has 1 aromatic rings. The smallest absolute Gasteiger partial charge is 0.112 e. The number of aliphatic hydroxyl groups excluding tert-OH is 2. The van der Waals surface area contributed by atoms with E-state index in [4.69, 9.17) is 4.74 Å². The zero-order valence-electron chi connectivity index (χ0n) is 14.9. The molecule has 1 aliphatic heterocycles. The minimum Gasteiger partial charge on any atom is -0.389 e. The minimum atomic E-state index is -0.627. The number of nitrogens with zero attached hydrogens (tertiary/aromatic N) is 1. The maximum absolute atomic E-state index is 10.3. The molecule has 0 bridgehead atoms. The van der Waals surface area contributed by atoms with Crippen molar-refractivity contribution in [3.8, 4) is 0 Å². The van der Waals surface area contributed by atoms with Crippen molar-refractivity contribution in [3.05, 3.63) is 35.9 Å². The molecule has 1 saturated heterocycles. The number of likely N-dealkylation sites (tertiary alicyclic amines) is 1. The van der Waals surface area contributed by atoms with E-state index >= 15 is 0 Å². The van der Waals surface area contributed by atoms with Crippen LogP contribution in [0, 0.1) is 0 Å². The number of β-amino-alcohol motifs (C(OH)–C–C–N with tert-alkyl or cyclic N) is 2. The summed E-state index contributed by atoms with van der Waals surface area (Å²) in [6.07, 6.45) is 5.82. The van der Waals surface area contributed by atoms with E-state index in [1.165, 1.54) is 32.1 Å². The van der Waals surface area contributed by atoms with Crippen LogP contribution in [0.2, 0.25) is 0 Å². The van der Waals surface area contributed by atoms with Crippen molar-refractivity contribution in [2.75, 3.05) is 19.6 Å². The zero-order valence-corrected chi connectivity index (χ0v) is 14.9. The second-order valence-corrected chi connectivity index (χ2v) is 6.92. The summed E-state index contributed by atoms with van der Waals surface area (Å²) in [5.74, 6) is 0.